The third-order valence-electron chi connectivity index (χ3n) is 3.56. The molecule has 0 aliphatic carbocycles. The van der Waals surface area contributed by atoms with Crippen molar-refractivity contribution < 1.29 is 13.2 Å². The number of hydrogen-bond acceptors (Lipinski definition) is 6. The summed E-state index contributed by atoms with van der Waals surface area (Å²) in [6.45, 7) is 1.17. The zero-order chi connectivity index (χ0) is 16.3. The van der Waals surface area contributed by atoms with Gasteiger partial charge in [0.2, 0.25) is 5.13 Å². The number of nitrogens with zero attached hydrogens (tertiary/aromatic N) is 5. The molecule has 5 nitrogen and oxygen atoms in total. The van der Waals surface area contributed by atoms with Crippen LogP contribution in [-0.4, -0.2) is 59.0 Å². The van der Waals surface area contributed by atoms with Gasteiger partial charge >= 0.3 is 6.18 Å². The zero-order valence-electron chi connectivity index (χ0n) is 12.3. The maximum atomic E-state index is 12.5. The number of hydrogen-bond donors (Lipinski definition) is 0. The first-order chi connectivity index (χ1) is 11.0. The highest BCUT2D eigenvalue weighted by Gasteiger charge is 2.31. The molecule has 3 heterocycles. The average Bonchev–Trinajstić information content (AvgIpc) is 2.89. The highest BCUT2D eigenvalue weighted by atomic mass is 32.1. The second-order valence-electron chi connectivity index (χ2n) is 5.34. The van der Waals surface area contributed by atoms with Gasteiger partial charge < -0.3 is 4.90 Å². The van der Waals surface area contributed by atoms with E-state index in [0.29, 0.717) is 32.6 Å². The topological polar surface area (TPSA) is 45.2 Å². The van der Waals surface area contributed by atoms with Crippen molar-refractivity contribution in [2.24, 2.45) is 0 Å². The lowest BCUT2D eigenvalue weighted by Gasteiger charge is -2.22. The number of alkyl halides is 3. The van der Waals surface area contributed by atoms with Crippen molar-refractivity contribution in [3.63, 3.8) is 0 Å². The molecule has 1 aliphatic heterocycles. The first-order valence-corrected chi connectivity index (χ1v) is 8.12. The molecule has 0 atom stereocenters. The van der Waals surface area contributed by atoms with E-state index in [0.717, 1.165) is 15.8 Å². The number of halogens is 3. The zero-order valence-corrected chi connectivity index (χ0v) is 13.1. The summed E-state index contributed by atoms with van der Waals surface area (Å²) in [7, 11) is 0. The Morgan fingerprint density at radius 3 is 2.70 bits per heavy atom. The molecule has 2 aromatic rings. The highest BCUT2D eigenvalue weighted by Crippen LogP contribution is 2.28. The minimum absolute atomic E-state index is 0.373. The Balaban J connectivity index is 1.65. The van der Waals surface area contributed by atoms with Gasteiger partial charge in [-0.3, -0.25) is 9.88 Å². The molecule has 2 aromatic heterocycles. The van der Waals surface area contributed by atoms with Gasteiger partial charge in [0, 0.05) is 32.4 Å². The van der Waals surface area contributed by atoms with Crippen molar-refractivity contribution in [1.29, 1.82) is 0 Å². The van der Waals surface area contributed by atoms with Gasteiger partial charge in [-0.15, -0.1) is 10.2 Å². The van der Waals surface area contributed by atoms with E-state index in [1.165, 1.54) is 16.2 Å². The number of rotatable bonds is 3. The van der Waals surface area contributed by atoms with Crippen molar-refractivity contribution in [2.75, 3.05) is 37.6 Å². The Labute approximate surface area is 135 Å². The Hall–Kier alpha value is -1.74. The third kappa shape index (κ3) is 4.38. The third-order valence-corrected chi connectivity index (χ3v) is 4.57. The second-order valence-corrected chi connectivity index (χ2v) is 6.29. The molecule has 1 saturated heterocycles. The van der Waals surface area contributed by atoms with E-state index in [-0.39, 0.29) is 0 Å². The van der Waals surface area contributed by atoms with Gasteiger partial charge in [-0.2, -0.15) is 13.2 Å². The number of aromatic nitrogens is 3. The minimum Gasteiger partial charge on any atom is -0.345 e. The summed E-state index contributed by atoms with van der Waals surface area (Å²) in [6, 6.07) is 5.57. The van der Waals surface area contributed by atoms with Gasteiger partial charge in [0.05, 0.1) is 6.54 Å². The lowest BCUT2D eigenvalue weighted by atomic mass is 10.4. The normalized spacial score (nSPS) is 17.3. The Kier molecular flexibility index (Phi) is 4.76. The minimum atomic E-state index is -4.15. The molecule has 0 spiro atoms. The SMILES string of the molecule is FC(F)(F)CN1CCCN(c2nnc(-c3ccccn3)s2)CC1. The van der Waals surface area contributed by atoms with E-state index < -0.39 is 12.7 Å². The fourth-order valence-electron chi connectivity index (χ4n) is 2.51. The van der Waals surface area contributed by atoms with Crippen LogP contribution in [-0.2, 0) is 0 Å². The Morgan fingerprint density at radius 2 is 1.96 bits per heavy atom. The van der Waals surface area contributed by atoms with E-state index >= 15 is 0 Å². The Morgan fingerprint density at radius 1 is 1.09 bits per heavy atom. The summed E-state index contributed by atoms with van der Waals surface area (Å²) < 4.78 is 37.5. The van der Waals surface area contributed by atoms with Crippen LogP contribution in [0.2, 0.25) is 0 Å². The van der Waals surface area contributed by atoms with Gasteiger partial charge in [0.15, 0.2) is 5.01 Å². The molecule has 23 heavy (non-hydrogen) atoms. The number of pyridine rings is 1. The largest absolute Gasteiger partial charge is 0.401 e. The van der Waals surface area contributed by atoms with E-state index in [1.807, 2.05) is 23.1 Å². The Bertz CT molecular complexity index is 631. The molecule has 124 valence electrons. The molecule has 0 radical (unpaired) electrons. The standard InChI is InChI=1S/C14H16F3N5S/c15-14(16,17)10-21-6-3-7-22(9-8-21)13-20-19-12(23-13)11-4-1-2-5-18-11/h1-2,4-5H,3,6-10H2. The fraction of sp³-hybridized carbons (Fsp3) is 0.500. The van der Waals surface area contributed by atoms with Crippen LogP contribution in [0.5, 0.6) is 0 Å². The van der Waals surface area contributed by atoms with Crippen molar-refractivity contribution in [1.82, 2.24) is 20.1 Å². The monoisotopic (exact) mass is 343 g/mol. The van der Waals surface area contributed by atoms with Crippen molar-refractivity contribution >= 4 is 16.5 Å². The molecular weight excluding hydrogens is 327 g/mol. The predicted molar refractivity (Wildman–Crippen MR) is 82.5 cm³/mol. The fourth-order valence-corrected chi connectivity index (χ4v) is 3.38. The maximum Gasteiger partial charge on any atom is 0.401 e. The predicted octanol–water partition coefficient (Wildman–Crippen LogP) is 2.67. The molecule has 0 unspecified atom stereocenters. The van der Waals surface area contributed by atoms with Gasteiger partial charge in [-0.05, 0) is 18.6 Å². The van der Waals surface area contributed by atoms with E-state index in [2.05, 4.69) is 15.2 Å². The van der Waals surface area contributed by atoms with Crippen LogP contribution in [0.1, 0.15) is 6.42 Å². The lowest BCUT2D eigenvalue weighted by Crippen LogP contribution is -2.37. The van der Waals surface area contributed by atoms with Crippen molar-refractivity contribution in [3.8, 4) is 10.7 Å². The molecule has 1 aliphatic rings. The van der Waals surface area contributed by atoms with Crippen LogP contribution < -0.4 is 4.90 Å². The smallest absolute Gasteiger partial charge is 0.345 e. The quantitative estimate of drug-likeness (QED) is 0.857. The highest BCUT2D eigenvalue weighted by molar-refractivity contribution is 7.18. The molecule has 9 heteroatoms. The van der Waals surface area contributed by atoms with Crippen LogP contribution in [0.3, 0.4) is 0 Å². The molecule has 1 fully saturated rings. The average molecular weight is 343 g/mol. The van der Waals surface area contributed by atoms with Crippen LogP contribution in [0, 0.1) is 0 Å². The molecule has 0 aromatic carbocycles. The second kappa shape index (κ2) is 6.79. The van der Waals surface area contributed by atoms with Crippen LogP contribution in [0.15, 0.2) is 24.4 Å². The summed E-state index contributed by atoms with van der Waals surface area (Å²) >= 11 is 1.42. The molecular formula is C14H16F3N5S. The van der Waals surface area contributed by atoms with Crippen LogP contribution >= 0.6 is 11.3 Å². The van der Waals surface area contributed by atoms with Crippen molar-refractivity contribution in [2.45, 2.75) is 12.6 Å². The van der Waals surface area contributed by atoms with E-state index in [9.17, 15) is 13.2 Å². The summed E-state index contributed by atoms with van der Waals surface area (Å²) in [6.07, 6.45) is -1.78. The molecule has 0 bridgehead atoms. The van der Waals surface area contributed by atoms with Crippen LogP contribution in [0.25, 0.3) is 10.7 Å². The van der Waals surface area contributed by atoms with E-state index in [4.69, 9.17) is 0 Å². The van der Waals surface area contributed by atoms with Crippen molar-refractivity contribution in [3.05, 3.63) is 24.4 Å². The van der Waals surface area contributed by atoms with Crippen LogP contribution in [0.4, 0.5) is 18.3 Å². The number of anilines is 1. The molecule has 0 amide bonds. The molecule has 0 N–H and O–H groups in total. The van der Waals surface area contributed by atoms with Gasteiger partial charge in [-0.25, -0.2) is 0 Å². The maximum absolute atomic E-state index is 12.5. The van der Waals surface area contributed by atoms with Gasteiger partial charge in [0.25, 0.3) is 0 Å². The summed E-state index contributed by atoms with van der Waals surface area (Å²) in [4.78, 5) is 7.68. The molecule has 0 saturated carbocycles. The van der Waals surface area contributed by atoms with Gasteiger partial charge in [0.1, 0.15) is 5.69 Å². The van der Waals surface area contributed by atoms with E-state index in [1.54, 1.807) is 6.20 Å². The first kappa shape index (κ1) is 16.1. The summed E-state index contributed by atoms with van der Waals surface area (Å²) in [5.41, 5.74) is 0.754. The van der Waals surface area contributed by atoms with Gasteiger partial charge in [-0.1, -0.05) is 17.4 Å². The summed E-state index contributed by atoms with van der Waals surface area (Å²) in [5.74, 6) is 0. The lowest BCUT2D eigenvalue weighted by molar-refractivity contribution is -0.145. The first-order valence-electron chi connectivity index (χ1n) is 7.30. The summed E-state index contributed by atoms with van der Waals surface area (Å²) in [5, 5.41) is 9.77. The molecule has 3 rings (SSSR count).